The summed E-state index contributed by atoms with van der Waals surface area (Å²) in [6, 6.07) is 10.0. The van der Waals surface area contributed by atoms with Crippen LogP contribution >= 0.6 is 11.3 Å². The lowest BCUT2D eigenvalue weighted by Gasteiger charge is -2.17. The van der Waals surface area contributed by atoms with Crippen LogP contribution in [0, 0.1) is 0 Å². The summed E-state index contributed by atoms with van der Waals surface area (Å²) in [4.78, 5) is 26.0. The molecule has 2 atom stereocenters. The Hall–Kier alpha value is -2.14. The molecule has 1 aromatic heterocycles. The first-order chi connectivity index (χ1) is 12.6. The maximum absolute atomic E-state index is 12.5. The van der Waals surface area contributed by atoms with Crippen LogP contribution in [0.25, 0.3) is 0 Å². The van der Waals surface area contributed by atoms with Gasteiger partial charge in [0, 0.05) is 16.8 Å². The summed E-state index contributed by atoms with van der Waals surface area (Å²) in [5, 5.41) is 4.76. The molecule has 0 bridgehead atoms. The van der Waals surface area contributed by atoms with E-state index in [0.29, 0.717) is 12.1 Å². The van der Waals surface area contributed by atoms with Gasteiger partial charge in [0.25, 0.3) is 5.91 Å². The molecule has 1 aliphatic rings. The second-order valence-corrected chi connectivity index (χ2v) is 7.83. The Balaban J connectivity index is 1.52. The SMILES string of the molecule is CC(OC(=O)c1csc2c1CCCC2)C(=O)NCC(C)c1ccccc1. The van der Waals surface area contributed by atoms with Gasteiger partial charge in [0.15, 0.2) is 6.10 Å². The van der Waals surface area contributed by atoms with Crippen molar-refractivity contribution in [3.05, 3.63) is 57.3 Å². The summed E-state index contributed by atoms with van der Waals surface area (Å²) in [7, 11) is 0. The van der Waals surface area contributed by atoms with Gasteiger partial charge in [-0.15, -0.1) is 11.3 Å². The molecule has 0 saturated carbocycles. The van der Waals surface area contributed by atoms with Crippen LogP contribution in [-0.2, 0) is 22.4 Å². The van der Waals surface area contributed by atoms with E-state index in [2.05, 4.69) is 12.2 Å². The number of benzene rings is 1. The van der Waals surface area contributed by atoms with Crippen LogP contribution < -0.4 is 5.32 Å². The highest BCUT2D eigenvalue weighted by molar-refractivity contribution is 7.10. The van der Waals surface area contributed by atoms with E-state index in [-0.39, 0.29) is 17.8 Å². The molecule has 4 nitrogen and oxygen atoms in total. The maximum Gasteiger partial charge on any atom is 0.340 e. The number of hydrogen-bond acceptors (Lipinski definition) is 4. The van der Waals surface area contributed by atoms with E-state index >= 15 is 0 Å². The number of aryl methyl sites for hydroxylation is 1. The zero-order valence-corrected chi connectivity index (χ0v) is 16.1. The third-order valence-corrected chi connectivity index (χ3v) is 5.97. The van der Waals surface area contributed by atoms with Crippen LogP contribution in [0.4, 0.5) is 0 Å². The number of hydrogen-bond donors (Lipinski definition) is 1. The number of carbonyl (C=O) groups excluding carboxylic acids is 2. The molecule has 1 heterocycles. The van der Waals surface area contributed by atoms with Gasteiger partial charge >= 0.3 is 5.97 Å². The largest absolute Gasteiger partial charge is 0.449 e. The van der Waals surface area contributed by atoms with E-state index in [9.17, 15) is 9.59 Å². The molecule has 0 spiro atoms. The fraction of sp³-hybridized carbons (Fsp3) is 0.429. The molecule has 2 unspecified atom stereocenters. The average molecular weight is 372 g/mol. The smallest absolute Gasteiger partial charge is 0.340 e. The van der Waals surface area contributed by atoms with E-state index in [0.717, 1.165) is 24.8 Å². The summed E-state index contributed by atoms with van der Waals surface area (Å²) >= 11 is 1.63. The molecule has 1 N–H and O–H groups in total. The van der Waals surface area contributed by atoms with Crippen LogP contribution in [0.5, 0.6) is 0 Å². The van der Waals surface area contributed by atoms with Gasteiger partial charge in [0.2, 0.25) is 0 Å². The number of ether oxygens (including phenoxy) is 1. The minimum Gasteiger partial charge on any atom is -0.449 e. The maximum atomic E-state index is 12.5. The van der Waals surface area contributed by atoms with Crippen LogP contribution in [0.2, 0.25) is 0 Å². The first kappa shape index (κ1) is 18.6. The van der Waals surface area contributed by atoms with Crippen LogP contribution in [0.15, 0.2) is 35.7 Å². The van der Waals surface area contributed by atoms with Crippen molar-refractivity contribution in [2.45, 2.75) is 51.6 Å². The van der Waals surface area contributed by atoms with Crippen molar-refractivity contribution in [3.63, 3.8) is 0 Å². The lowest BCUT2D eigenvalue weighted by molar-refractivity contribution is -0.129. The monoisotopic (exact) mass is 371 g/mol. The van der Waals surface area contributed by atoms with Gasteiger partial charge < -0.3 is 10.1 Å². The van der Waals surface area contributed by atoms with Crippen molar-refractivity contribution < 1.29 is 14.3 Å². The molecule has 2 aromatic rings. The summed E-state index contributed by atoms with van der Waals surface area (Å²) in [6.45, 7) is 4.20. The van der Waals surface area contributed by atoms with Crippen molar-refractivity contribution in [1.82, 2.24) is 5.32 Å². The number of amides is 1. The minimum atomic E-state index is -0.801. The van der Waals surface area contributed by atoms with Gasteiger partial charge in [-0.3, -0.25) is 4.79 Å². The lowest BCUT2D eigenvalue weighted by Crippen LogP contribution is -2.37. The molecule has 5 heteroatoms. The fourth-order valence-corrected chi connectivity index (χ4v) is 4.35. The van der Waals surface area contributed by atoms with Gasteiger partial charge in [0.1, 0.15) is 0 Å². The van der Waals surface area contributed by atoms with Gasteiger partial charge in [0.05, 0.1) is 5.56 Å². The highest BCUT2D eigenvalue weighted by Crippen LogP contribution is 2.30. The predicted octanol–water partition coefficient (Wildman–Crippen LogP) is 4.09. The molecule has 0 fully saturated rings. The van der Waals surface area contributed by atoms with Crippen LogP contribution in [0.1, 0.15) is 59.0 Å². The quantitative estimate of drug-likeness (QED) is 0.778. The minimum absolute atomic E-state index is 0.201. The first-order valence-corrected chi connectivity index (χ1v) is 10.1. The standard InChI is InChI=1S/C21H25NO3S/c1-14(16-8-4-3-5-9-16)12-22-20(23)15(2)25-21(24)18-13-26-19-11-7-6-10-17(18)19/h3-5,8-9,13-15H,6-7,10-12H2,1-2H3,(H,22,23). The second-order valence-electron chi connectivity index (χ2n) is 6.86. The van der Waals surface area contributed by atoms with Crippen LogP contribution in [0.3, 0.4) is 0 Å². The predicted molar refractivity (Wildman–Crippen MR) is 104 cm³/mol. The molecule has 0 aliphatic heterocycles. The average Bonchev–Trinajstić information content (AvgIpc) is 3.10. The fourth-order valence-electron chi connectivity index (χ4n) is 3.24. The van der Waals surface area contributed by atoms with E-state index in [1.54, 1.807) is 18.3 Å². The zero-order chi connectivity index (χ0) is 18.5. The normalized spacial score (nSPS) is 15.6. The number of nitrogens with one attached hydrogen (secondary N) is 1. The number of carbonyl (C=O) groups is 2. The number of esters is 1. The Labute approximate surface area is 158 Å². The topological polar surface area (TPSA) is 55.4 Å². The van der Waals surface area contributed by atoms with Crippen molar-refractivity contribution in [1.29, 1.82) is 0 Å². The Bertz CT molecular complexity index is 769. The Morgan fingerprint density at radius 2 is 1.88 bits per heavy atom. The third-order valence-electron chi connectivity index (χ3n) is 4.89. The number of rotatable bonds is 6. The van der Waals surface area contributed by atoms with Gasteiger partial charge in [-0.1, -0.05) is 37.3 Å². The molecule has 1 aliphatic carbocycles. The summed E-state index contributed by atoms with van der Waals surface area (Å²) in [5.41, 5.74) is 2.93. The molecule has 1 aromatic carbocycles. The molecule has 138 valence electrons. The van der Waals surface area contributed by atoms with E-state index < -0.39 is 6.10 Å². The highest BCUT2D eigenvalue weighted by Gasteiger charge is 2.24. The van der Waals surface area contributed by atoms with E-state index in [1.807, 2.05) is 35.7 Å². The molecule has 26 heavy (non-hydrogen) atoms. The summed E-state index contributed by atoms with van der Waals surface area (Å²) in [5.74, 6) is -0.444. The summed E-state index contributed by atoms with van der Waals surface area (Å²) < 4.78 is 5.42. The van der Waals surface area contributed by atoms with Gasteiger partial charge in [-0.25, -0.2) is 4.79 Å². The molecular weight excluding hydrogens is 346 g/mol. The van der Waals surface area contributed by atoms with Gasteiger partial charge in [-0.05, 0) is 49.7 Å². The molecular formula is C21H25NO3S. The molecule has 0 saturated heterocycles. The van der Waals surface area contributed by atoms with Crippen LogP contribution in [-0.4, -0.2) is 24.5 Å². The number of thiophene rings is 1. The number of fused-ring (bicyclic) bond motifs is 1. The van der Waals surface area contributed by atoms with Crippen molar-refractivity contribution in [2.75, 3.05) is 6.54 Å². The molecule has 1 amide bonds. The second kappa shape index (κ2) is 8.49. The zero-order valence-electron chi connectivity index (χ0n) is 15.3. The Morgan fingerprint density at radius 3 is 2.65 bits per heavy atom. The van der Waals surface area contributed by atoms with Crippen molar-refractivity contribution in [2.24, 2.45) is 0 Å². The summed E-state index contributed by atoms with van der Waals surface area (Å²) in [6.07, 6.45) is 3.46. The Morgan fingerprint density at radius 1 is 1.15 bits per heavy atom. The molecule has 3 rings (SSSR count). The van der Waals surface area contributed by atoms with Crippen molar-refractivity contribution >= 4 is 23.2 Å². The molecule has 0 radical (unpaired) electrons. The Kier molecular flexibility index (Phi) is 6.09. The van der Waals surface area contributed by atoms with Gasteiger partial charge in [-0.2, -0.15) is 0 Å². The van der Waals surface area contributed by atoms with Crippen molar-refractivity contribution in [3.8, 4) is 0 Å². The third kappa shape index (κ3) is 4.33. The first-order valence-electron chi connectivity index (χ1n) is 9.19. The van der Waals surface area contributed by atoms with E-state index in [1.165, 1.54) is 16.9 Å². The highest BCUT2D eigenvalue weighted by atomic mass is 32.1. The lowest BCUT2D eigenvalue weighted by atomic mass is 9.96. The van der Waals surface area contributed by atoms with E-state index in [4.69, 9.17) is 4.74 Å².